The highest BCUT2D eigenvalue weighted by atomic mass is 16.2. The molecule has 0 bridgehead atoms. The SMILES string of the molecule is Cc1ccc2c(c1)C(=O)N(CCCC(=O)NCc1ccc(Cn3cnc4ccccc43)cc1)C2=O. The van der Waals surface area contributed by atoms with Gasteiger partial charge in [0.05, 0.1) is 28.5 Å². The van der Waals surface area contributed by atoms with E-state index in [4.69, 9.17) is 0 Å². The molecule has 0 atom stereocenters. The van der Waals surface area contributed by atoms with Crippen LogP contribution in [0.1, 0.15) is 50.2 Å². The van der Waals surface area contributed by atoms with Crippen LogP contribution in [0.5, 0.6) is 0 Å². The predicted molar refractivity (Wildman–Crippen MR) is 133 cm³/mol. The first-order chi connectivity index (χ1) is 17.0. The van der Waals surface area contributed by atoms with Gasteiger partial charge in [-0.3, -0.25) is 19.3 Å². The van der Waals surface area contributed by atoms with E-state index in [-0.39, 0.29) is 30.7 Å². The second kappa shape index (κ2) is 9.54. The maximum Gasteiger partial charge on any atom is 0.261 e. The molecule has 2 heterocycles. The van der Waals surface area contributed by atoms with E-state index in [1.165, 1.54) is 4.90 Å². The van der Waals surface area contributed by atoms with Crippen molar-refractivity contribution in [3.05, 3.63) is 101 Å². The van der Waals surface area contributed by atoms with Crippen molar-refractivity contribution in [1.82, 2.24) is 19.8 Å². The summed E-state index contributed by atoms with van der Waals surface area (Å²) in [5.41, 5.74) is 6.06. The highest BCUT2D eigenvalue weighted by Crippen LogP contribution is 2.24. The first-order valence-electron chi connectivity index (χ1n) is 11.7. The van der Waals surface area contributed by atoms with Crippen molar-refractivity contribution in [3.63, 3.8) is 0 Å². The van der Waals surface area contributed by atoms with Crippen LogP contribution in [-0.4, -0.2) is 38.7 Å². The van der Waals surface area contributed by atoms with Gasteiger partial charge >= 0.3 is 0 Å². The molecule has 176 valence electrons. The molecule has 35 heavy (non-hydrogen) atoms. The smallest absolute Gasteiger partial charge is 0.261 e. The van der Waals surface area contributed by atoms with Crippen molar-refractivity contribution in [1.29, 1.82) is 0 Å². The molecule has 5 rings (SSSR count). The maximum absolute atomic E-state index is 12.5. The molecule has 7 heteroatoms. The van der Waals surface area contributed by atoms with Gasteiger partial charge in [-0.05, 0) is 48.7 Å². The monoisotopic (exact) mass is 466 g/mol. The van der Waals surface area contributed by atoms with Crippen LogP contribution in [0.4, 0.5) is 0 Å². The molecule has 0 spiro atoms. The molecular weight excluding hydrogens is 440 g/mol. The second-order valence-electron chi connectivity index (χ2n) is 8.87. The van der Waals surface area contributed by atoms with Crippen molar-refractivity contribution in [2.45, 2.75) is 32.9 Å². The molecule has 0 fully saturated rings. The van der Waals surface area contributed by atoms with E-state index in [1.807, 2.05) is 49.6 Å². The maximum atomic E-state index is 12.5. The van der Waals surface area contributed by atoms with E-state index >= 15 is 0 Å². The number of imidazole rings is 1. The van der Waals surface area contributed by atoms with Crippen LogP contribution in [-0.2, 0) is 17.9 Å². The number of benzene rings is 3. The lowest BCUT2D eigenvalue weighted by Crippen LogP contribution is -2.32. The summed E-state index contributed by atoms with van der Waals surface area (Å²) in [6.07, 6.45) is 2.52. The van der Waals surface area contributed by atoms with E-state index in [2.05, 4.69) is 33.1 Å². The quantitative estimate of drug-likeness (QED) is 0.397. The number of carbonyl (C=O) groups excluding carboxylic acids is 3. The van der Waals surface area contributed by atoms with Crippen molar-refractivity contribution >= 4 is 28.8 Å². The molecule has 1 aliphatic rings. The number of amides is 3. The number of aryl methyl sites for hydroxylation is 1. The number of hydrogen-bond donors (Lipinski definition) is 1. The third kappa shape index (κ3) is 4.71. The summed E-state index contributed by atoms with van der Waals surface area (Å²) in [5, 5.41) is 2.92. The van der Waals surface area contributed by atoms with Gasteiger partial charge in [0.2, 0.25) is 5.91 Å². The first kappa shape index (κ1) is 22.5. The normalized spacial score (nSPS) is 12.9. The van der Waals surface area contributed by atoms with Gasteiger partial charge in [-0.1, -0.05) is 48.0 Å². The lowest BCUT2D eigenvalue weighted by Gasteiger charge is -2.13. The number of nitrogens with one attached hydrogen (secondary N) is 1. The molecule has 3 amide bonds. The number of imide groups is 1. The lowest BCUT2D eigenvalue weighted by atomic mass is 10.1. The lowest BCUT2D eigenvalue weighted by molar-refractivity contribution is -0.121. The number of carbonyl (C=O) groups is 3. The van der Waals surface area contributed by atoms with Crippen molar-refractivity contribution in [2.24, 2.45) is 0 Å². The summed E-state index contributed by atoms with van der Waals surface area (Å²) < 4.78 is 2.11. The van der Waals surface area contributed by atoms with Crippen molar-refractivity contribution in [3.8, 4) is 0 Å². The fourth-order valence-electron chi connectivity index (χ4n) is 4.39. The average molecular weight is 467 g/mol. The zero-order chi connectivity index (χ0) is 24.4. The fourth-order valence-corrected chi connectivity index (χ4v) is 4.39. The highest BCUT2D eigenvalue weighted by Gasteiger charge is 2.34. The third-order valence-electron chi connectivity index (χ3n) is 6.30. The van der Waals surface area contributed by atoms with Gasteiger partial charge in [-0.2, -0.15) is 0 Å². The van der Waals surface area contributed by atoms with Gasteiger partial charge in [0.1, 0.15) is 0 Å². The average Bonchev–Trinajstić information content (AvgIpc) is 3.37. The number of hydrogen-bond acceptors (Lipinski definition) is 4. The number of aromatic nitrogens is 2. The van der Waals surface area contributed by atoms with Crippen LogP contribution < -0.4 is 5.32 Å². The molecule has 1 N–H and O–H groups in total. The third-order valence-corrected chi connectivity index (χ3v) is 6.30. The van der Waals surface area contributed by atoms with Crippen LogP contribution in [0.15, 0.2) is 73.1 Å². The Morgan fingerprint density at radius 3 is 2.49 bits per heavy atom. The molecule has 4 aromatic rings. The first-order valence-corrected chi connectivity index (χ1v) is 11.7. The fraction of sp³-hybridized carbons (Fsp3) is 0.214. The molecular formula is C28H26N4O3. The van der Waals surface area contributed by atoms with Gasteiger partial charge in [0, 0.05) is 26.1 Å². The molecule has 3 aromatic carbocycles. The molecule has 7 nitrogen and oxygen atoms in total. The van der Waals surface area contributed by atoms with Crippen LogP contribution >= 0.6 is 0 Å². The Morgan fingerprint density at radius 1 is 0.914 bits per heavy atom. The van der Waals surface area contributed by atoms with E-state index in [1.54, 1.807) is 12.1 Å². The Hall–Kier alpha value is -4.26. The Morgan fingerprint density at radius 2 is 1.66 bits per heavy atom. The summed E-state index contributed by atoms with van der Waals surface area (Å²) in [4.78, 5) is 43.0. The second-order valence-corrected chi connectivity index (χ2v) is 8.87. The number of para-hydroxylation sites is 2. The molecule has 0 saturated heterocycles. The zero-order valence-corrected chi connectivity index (χ0v) is 19.5. The van der Waals surface area contributed by atoms with E-state index in [0.29, 0.717) is 24.1 Å². The number of fused-ring (bicyclic) bond motifs is 2. The van der Waals surface area contributed by atoms with E-state index in [0.717, 1.165) is 34.3 Å². The predicted octanol–water partition coefficient (Wildman–Crippen LogP) is 4.09. The van der Waals surface area contributed by atoms with Crippen molar-refractivity contribution in [2.75, 3.05) is 6.54 Å². The van der Waals surface area contributed by atoms with Gasteiger partial charge in [0.25, 0.3) is 11.8 Å². The molecule has 0 aliphatic carbocycles. The van der Waals surface area contributed by atoms with Crippen LogP contribution in [0, 0.1) is 6.92 Å². The van der Waals surface area contributed by atoms with Crippen LogP contribution in [0.25, 0.3) is 11.0 Å². The number of rotatable bonds is 8. The standard InChI is InChI=1S/C28H26N4O3/c1-19-8-13-22-23(15-19)28(35)32(27(22)34)14-4-7-26(33)29-16-20-9-11-21(12-10-20)17-31-18-30-24-5-2-3-6-25(24)31/h2-3,5-6,8-13,15,18H,4,7,14,16-17H2,1H3,(H,29,33). The Kier molecular flexibility index (Phi) is 6.14. The molecule has 1 aliphatic heterocycles. The molecule has 0 unspecified atom stereocenters. The highest BCUT2D eigenvalue weighted by molar-refractivity contribution is 6.21. The van der Waals surface area contributed by atoms with Gasteiger partial charge in [0.15, 0.2) is 0 Å². The molecule has 0 radical (unpaired) electrons. The van der Waals surface area contributed by atoms with Gasteiger partial charge in [-0.25, -0.2) is 4.98 Å². The van der Waals surface area contributed by atoms with Gasteiger partial charge < -0.3 is 9.88 Å². The van der Waals surface area contributed by atoms with Gasteiger partial charge in [-0.15, -0.1) is 0 Å². The summed E-state index contributed by atoms with van der Waals surface area (Å²) in [6, 6.07) is 21.4. The zero-order valence-electron chi connectivity index (χ0n) is 19.5. The summed E-state index contributed by atoms with van der Waals surface area (Å²) in [5.74, 6) is -0.668. The molecule has 1 aromatic heterocycles. The Balaban J connectivity index is 1.08. The Bertz CT molecular complexity index is 1420. The molecule has 0 saturated carbocycles. The minimum atomic E-state index is -0.283. The summed E-state index contributed by atoms with van der Waals surface area (Å²) in [6.45, 7) is 3.28. The number of nitrogens with zero attached hydrogens (tertiary/aromatic N) is 3. The van der Waals surface area contributed by atoms with Crippen LogP contribution in [0.3, 0.4) is 0 Å². The minimum absolute atomic E-state index is 0.105. The largest absolute Gasteiger partial charge is 0.352 e. The van der Waals surface area contributed by atoms with E-state index < -0.39 is 0 Å². The van der Waals surface area contributed by atoms with Crippen molar-refractivity contribution < 1.29 is 14.4 Å². The summed E-state index contributed by atoms with van der Waals surface area (Å²) in [7, 11) is 0. The Labute approximate surface area is 203 Å². The topological polar surface area (TPSA) is 84.3 Å². The van der Waals surface area contributed by atoms with E-state index in [9.17, 15) is 14.4 Å². The summed E-state index contributed by atoms with van der Waals surface area (Å²) >= 11 is 0. The minimum Gasteiger partial charge on any atom is -0.352 e. The van der Waals surface area contributed by atoms with Crippen LogP contribution in [0.2, 0.25) is 0 Å².